The summed E-state index contributed by atoms with van der Waals surface area (Å²) in [6.45, 7) is 2.82. The van der Waals surface area contributed by atoms with E-state index in [0.717, 1.165) is 48.6 Å². The summed E-state index contributed by atoms with van der Waals surface area (Å²) in [5, 5.41) is 2.89. The first-order chi connectivity index (χ1) is 13.1. The van der Waals surface area contributed by atoms with Crippen LogP contribution in [0, 0.1) is 5.82 Å². The Labute approximate surface area is 163 Å². The molecule has 0 unspecified atom stereocenters. The summed E-state index contributed by atoms with van der Waals surface area (Å²) in [6.07, 6.45) is 3.86. The molecule has 1 amide bonds. The first kappa shape index (κ1) is 19.9. The van der Waals surface area contributed by atoms with Crippen LogP contribution in [0.4, 0.5) is 4.39 Å². The highest BCUT2D eigenvalue weighted by atomic mass is 32.1. The van der Waals surface area contributed by atoms with Crippen molar-refractivity contribution in [2.75, 3.05) is 26.2 Å². The molecule has 7 heteroatoms. The number of piperidine rings is 1. The summed E-state index contributed by atoms with van der Waals surface area (Å²) in [5.74, 6) is -0.119. The molecule has 1 saturated heterocycles. The molecular weight excluding hydrogens is 365 g/mol. The van der Waals surface area contributed by atoms with E-state index in [1.54, 1.807) is 23.5 Å². The molecule has 0 bridgehead atoms. The number of likely N-dealkylation sites (tertiary alicyclic amines) is 1. The van der Waals surface area contributed by atoms with Crippen LogP contribution in [0.3, 0.4) is 0 Å². The van der Waals surface area contributed by atoms with Crippen LogP contribution in [-0.2, 0) is 22.4 Å². The van der Waals surface area contributed by atoms with Crippen molar-refractivity contribution in [3.63, 3.8) is 0 Å². The van der Waals surface area contributed by atoms with E-state index in [1.165, 1.54) is 12.1 Å². The van der Waals surface area contributed by atoms with Gasteiger partial charge in [-0.1, -0.05) is 12.1 Å². The highest BCUT2D eigenvalue weighted by Gasteiger charge is 2.23. The number of aromatic nitrogens is 1. The van der Waals surface area contributed by atoms with Crippen molar-refractivity contribution in [1.82, 2.24) is 9.88 Å². The number of hydrogen-bond donors (Lipinski definition) is 1. The first-order valence-corrected chi connectivity index (χ1v) is 10.3. The number of carbonyl (C=O) groups is 1. The van der Waals surface area contributed by atoms with Gasteiger partial charge in [0.1, 0.15) is 5.82 Å². The number of amides is 1. The topological polar surface area (TPSA) is 68.5 Å². The van der Waals surface area contributed by atoms with Gasteiger partial charge in [0.25, 0.3) is 0 Å². The van der Waals surface area contributed by atoms with Gasteiger partial charge in [-0.3, -0.25) is 4.79 Å². The highest BCUT2D eigenvalue weighted by molar-refractivity contribution is 7.09. The van der Waals surface area contributed by atoms with Crippen LogP contribution < -0.4 is 5.73 Å². The van der Waals surface area contributed by atoms with E-state index in [9.17, 15) is 9.18 Å². The molecule has 0 radical (unpaired) electrons. The van der Waals surface area contributed by atoms with Gasteiger partial charge in [0, 0.05) is 31.5 Å². The summed E-state index contributed by atoms with van der Waals surface area (Å²) in [7, 11) is 0. The molecule has 1 aromatic heterocycles. The van der Waals surface area contributed by atoms with Crippen LogP contribution in [0.15, 0.2) is 29.6 Å². The van der Waals surface area contributed by atoms with E-state index >= 15 is 0 Å². The maximum absolute atomic E-state index is 13.0. The lowest BCUT2D eigenvalue weighted by atomic mass is 10.1. The monoisotopic (exact) mass is 391 g/mol. The fourth-order valence-corrected chi connectivity index (χ4v) is 3.99. The summed E-state index contributed by atoms with van der Waals surface area (Å²) >= 11 is 1.54. The molecule has 1 aliphatic heterocycles. The molecule has 3 rings (SSSR count). The molecule has 146 valence electrons. The number of halogens is 1. The smallest absolute Gasteiger partial charge is 0.228 e. The minimum atomic E-state index is -0.238. The Morgan fingerprint density at radius 2 is 2.04 bits per heavy atom. The van der Waals surface area contributed by atoms with E-state index in [1.807, 2.05) is 10.3 Å². The molecular formula is C20H26FN3O2S. The Morgan fingerprint density at radius 3 is 2.74 bits per heavy atom. The Bertz CT molecular complexity index is 727. The molecule has 0 saturated carbocycles. The molecule has 27 heavy (non-hydrogen) atoms. The Balaban J connectivity index is 1.45. The fraction of sp³-hybridized carbons (Fsp3) is 0.500. The minimum absolute atomic E-state index is 0.119. The van der Waals surface area contributed by atoms with Crippen molar-refractivity contribution < 1.29 is 13.9 Å². The van der Waals surface area contributed by atoms with E-state index in [0.29, 0.717) is 26.0 Å². The van der Waals surface area contributed by atoms with E-state index in [2.05, 4.69) is 4.98 Å². The molecule has 2 heterocycles. The summed E-state index contributed by atoms with van der Waals surface area (Å²) in [4.78, 5) is 19.0. The van der Waals surface area contributed by atoms with Crippen molar-refractivity contribution in [3.8, 4) is 0 Å². The molecule has 1 aliphatic rings. The number of hydrogen-bond acceptors (Lipinski definition) is 5. The average Bonchev–Trinajstić information content (AvgIpc) is 3.11. The van der Waals surface area contributed by atoms with Gasteiger partial charge in [0.05, 0.1) is 23.2 Å². The van der Waals surface area contributed by atoms with Crippen LogP contribution >= 0.6 is 11.3 Å². The maximum atomic E-state index is 13.0. The Kier molecular flexibility index (Phi) is 7.32. The summed E-state index contributed by atoms with van der Waals surface area (Å²) in [6, 6.07) is 6.44. The highest BCUT2D eigenvalue weighted by Crippen LogP contribution is 2.18. The van der Waals surface area contributed by atoms with Gasteiger partial charge in [-0.05, 0) is 43.5 Å². The Morgan fingerprint density at radius 1 is 1.30 bits per heavy atom. The van der Waals surface area contributed by atoms with Gasteiger partial charge in [-0.15, -0.1) is 11.3 Å². The summed E-state index contributed by atoms with van der Waals surface area (Å²) < 4.78 is 18.8. The van der Waals surface area contributed by atoms with Gasteiger partial charge in [-0.25, -0.2) is 9.37 Å². The van der Waals surface area contributed by atoms with Crippen LogP contribution in [0.5, 0.6) is 0 Å². The lowest BCUT2D eigenvalue weighted by molar-refractivity contribution is -0.133. The second kappa shape index (κ2) is 9.92. The number of ether oxygens (including phenoxy) is 1. The van der Waals surface area contributed by atoms with E-state index in [-0.39, 0.29) is 17.8 Å². The van der Waals surface area contributed by atoms with Crippen molar-refractivity contribution >= 4 is 17.2 Å². The SMILES string of the molecule is NCCCOC1CCN(C(=O)Cc2csc(Cc3ccc(F)cc3)n2)CC1. The second-order valence-corrected chi connectivity index (χ2v) is 7.75. The Hall–Kier alpha value is -1.83. The lowest BCUT2D eigenvalue weighted by Gasteiger charge is -2.32. The zero-order valence-corrected chi connectivity index (χ0v) is 16.2. The fourth-order valence-electron chi connectivity index (χ4n) is 3.16. The van der Waals surface area contributed by atoms with Gasteiger partial charge in [-0.2, -0.15) is 0 Å². The van der Waals surface area contributed by atoms with Crippen molar-refractivity contribution in [2.24, 2.45) is 5.73 Å². The third-order valence-electron chi connectivity index (χ3n) is 4.70. The van der Waals surface area contributed by atoms with Gasteiger partial charge in [0.2, 0.25) is 5.91 Å². The normalized spacial score (nSPS) is 15.3. The van der Waals surface area contributed by atoms with Crippen LogP contribution in [0.1, 0.15) is 35.5 Å². The number of thiazole rings is 1. The van der Waals surface area contributed by atoms with Crippen molar-refractivity contribution in [3.05, 3.63) is 51.7 Å². The molecule has 2 N–H and O–H groups in total. The van der Waals surface area contributed by atoms with Gasteiger partial charge >= 0.3 is 0 Å². The molecule has 2 aromatic rings. The number of benzene rings is 1. The third-order valence-corrected chi connectivity index (χ3v) is 5.59. The van der Waals surface area contributed by atoms with Gasteiger partial charge in [0.15, 0.2) is 0 Å². The van der Waals surface area contributed by atoms with Gasteiger partial charge < -0.3 is 15.4 Å². The minimum Gasteiger partial charge on any atom is -0.378 e. The maximum Gasteiger partial charge on any atom is 0.228 e. The number of carbonyl (C=O) groups excluding carboxylic acids is 1. The predicted molar refractivity (Wildman–Crippen MR) is 104 cm³/mol. The molecule has 1 fully saturated rings. The van der Waals surface area contributed by atoms with Crippen LogP contribution in [0.25, 0.3) is 0 Å². The molecule has 0 aliphatic carbocycles. The largest absolute Gasteiger partial charge is 0.378 e. The van der Waals surface area contributed by atoms with Crippen molar-refractivity contribution in [2.45, 2.75) is 38.2 Å². The average molecular weight is 392 g/mol. The number of rotatable bonds is 8. The first-order valence-electron chi connectivity index (χ1n) is 9.41. The van der Waals surface area contributed by atoms with E-state index in [4.69, 9.17) is 10.5 Å². The summed E-state index contributed by atoms with van der Waals surface area (Å²) in [5.41, 5.74) is 7.30. The molecule has 0 atom stereocenters. The molecule has 5 nitrogen and oxygen atoms in total. The molecule has 0 spiro atoms. The van der Waals surface area contributed by atoms with E-state index < -0.39 is 0 Å². The van der Waals surface area contributed by atoms with Crippen molar-refractivity contribution in [1.29, 1.82) is 0 Å². The second-order valence-electron chi connectivity index (χ2n) is 6.81. The predicted octanol–water partition coefficient (Wildman–Crippen LogP) is 2.77. The third kappa shape index (κ3) is 6.09. The quantitative estimate of drug-likeness (QED) is 0.703. The van der Waals surface area contributed by atoms with Crippen LogP contribution in [0.2, 0.25) is 0 Å². The van der Waals surface area contributed by atoms with Crippen LogP contribution in [-0.4, -0.2) is 48.1 Å². The molecule has 1 aromatic carbocycles. The zero-order chi connectivity index (χ0) is 19.1. The number of nitrogens with zero attached hydrogens (tertiary/aromatic N) is 2. The zero-order valence-electron chi connectivity index (χ0n) is 15.4. The number of nitrogens with two attached hydrogens (primary N) is 1. The standard InChI is InChI=1S/C20H26FN3O2S/c21-16-4-2-15(3-5-16)12-19-23-17(14-27-19)13-20(25)24-9-6-18(7-10-24)26-11-1-8-22/h2-5,14,18H,1,6-13,22H2. The lowest BCUT2D eigenvalue weighted by Crippen LogP contribution is -2.41.